The summed E-state index contributed by atoms with van der Waals surface area (Å²) in [4.78, 5) is 3.76. The van der Waals surface area contributed by atoms with Crippen LogP contribution in [-0.2, 0) is 0 Å². The van der Waals surface area contributed by atoms with Crippen LogP contribution in [0.15, 0.2) is 0 Å². The Morgan fingerprint density at radius 1 is 0.950 bits per heavy atom. The Balaban J connectivity index is 2.11. The van der Waals surface area contributed by atoms with Crippen LogP contribution in [0, 0.1) is 5.41 Å². The first-order valence-electron chi connectivity index (χ1n) is 7.43. The van der Waals surface area contributed by atoms with E-state index in [0.29, 0.717) is 19.6 Å². The van der Waals surface area contributed by atoms with Crippen molar-refractivity contribution < 1.29 is 13.2 Å². The van der Waals surface area contributed by atoms with E-state index in [1.165, 1.54) is 4.90 Å². The molecular weight excluding hydrogens is 267 g/mol. The minimum absolute atomic E-state index is 0.200. The van der Waals surface area contributed by atoms with Crippen LogP contribution in [0.4, 0.5) is 13.2 Å². The average molecular weight is 295 g/mol. The molecule has 0 aromatic heterocycles. The molecule has 0 aromatic rings. The van der Waals surface area contributed by atoms with Crippen LogP contribution in [0.2, 0.25) is 0 Å². The SMILES string of the molecule is CC(C)(CN)CCCCN1CCN(CC(F)(F)F)CC1. The topological polar surface area (TPSA) is 32.5 Å². The molecule has 0 unspecified atom stereocenters. The third-order valence-electron chi connectivity index (χ3n) is 4.00. The molecule has 2 N–H and O–H groups in total. The van der Waals surface area contributed by atoms with Gasteiger partial charge in [0.2, 0.25) is 0 Å². The molecule has 0 saturated carbocycles. The predicted molar refractivity (Wildman–Crippen MR) is 75.6 cm³/mol. The van der Waals surface area contributed by atoms with Crippen molar-refractivity contribution >= 4 is 0 Å². The molecule has 6 heteroatoms. The number of rotatable bonds is 7. The molecule has 3 nitrogen and oxygen atoms in total. The van der Waals surface area contributed by atoms with E-state index in [0.717, 1.165) is 38.9 Å². The third-order valence-corrected chi connectivity index (χ3v) is 4.00. The summed E-state index contributed by atoms with van der Waals surface area (Å²) in [6.07, 6.45) is -0.733. The van der Waals surface area contributed by atoms with Crippen molar-refractivity contribution in [3.63, 3.8) is 0 Å². The number of hydrogen-bond acceptors (Lipinski definition) is 3. The number of nitrogens with zero attached hydrogens (tertiary/aromatic N) is 2. The van der Waals surface area contributed by atoms with Gasteiger partial charge in [0.15, 0.2) is 0 Å². The molecule has 0 atom stereocenters. The number of unbranched alkanes of at least 4 members (excludes halogenated alkanes) is 1. The van der Waals surface area contributed by atoms with Crippen LogP contribution >= 0.6 is 0 Å². The summed E-state index contributed by atoms with van der Waals surface area (Å²) in [6, 6.07) is 0. The summed E-state index contributed by atoms with van der Waals surface area (Å²) in [6.45, 7) is 7.79. The Labute approximate surface area is 120 Å². The van der Waals surface area contributed by atoms with E-state index in [2.05, 4.69) is 18.7 Å². The first kappa shape index (κ1) is 17.7. The zero-order valence-corrected chi connectivity index (χ0v) is 12.7. The first-order chi connectivity index (χ1) is 9.22. The van der Waals surface area contributed by atoms with E-state index in [-0.39, 0.29) is 5.41 Å². The highest BCUT2D eigenvalue weighted by atomic mass is 19.4. The second-order valence-corrected chi connectivity index (χ2v) is 6.56. The summed E-state index contributed by atoms with van der Waals surface area (Å²) < 4.78 is 36.8. The molecule has 0 bridgehead atoms. The maximum absolute atomic E-state index is 12.3. The van der Waals surface area contributed by atoms with Gasteiger partial charge in [0, 0.05) is 26.2 Å². The zero-order chi connectivity index (χ0) is 15.2. The summed E-state index contributed by atoms with van der Waals surface area (Å²) in [5.41, 5.74) is 5.89. The van der Waals surface area contributed by atoms with E-state index in [1.807, 2.05) is 0 Å². The van der Waals surface area contributed by atoms with Crippen LogP contribution in [0.1, 0.15) is 33.1 Å². The fraction of sp³-hybridized carbons (Fsp3) is 1.00. The highest BCUT2D eigenvalue weighted by Gasteiger charge is 2.31. The molecule has 1 heterocycles. The molecule has 0 aliphatic carbocycles. The molecule has 1 fully saturated rings. The number of halogens is 3. The quantitative estimate of drug-likeness (QED) is 0.732. The van der Waals surface area contributed by atoms with Gasteiger partial charge in [0.1, 0.15) is 0 Å². The molecule has 0 radical (unpaired) electrons. The fourth-order valence-electron chi connectivity index (χ4n) is 2.47. The highest BCUT2D eigenvalue weighted by Crippen LogP contribution is 2.21. The Bertz CT molecular complexity index is 271. The fourth-order valence-corrected chi connectivity index (χ4v) is 2.47. The summed E-state index contributed by atoms with van der Waals surface area (Å²) in [5.74, 6) is 0. The normalized spacial score (nSPS) is 19.5. The molecule has 0 amide bonds. The molecule has 1 aliphatic rings. The van der Waals surface area contributed by atoms with E-state index in [1.54, 1.807) is 0 Å². The van der Waals surface area contributed by atoms with Gasteiger partial charge in [-0.05, 0) is 31.3 Å². The lowest BCUT2D eigenvalue weighted by atomic mass is 9.87. The summed E-state index contributed by atoms with van der Waals surface area (Å²) in [7, 11) is 0. The lowest BCUT2D eigenvalue weighted by Gasteiger charge is -2.35. The van der Waals surface area contributed by atoms with Gasteiger partial charge in [-0.25, -0.2) is 0 Å². The van der Waals surface area contributed by atoms with Gasteiger partial charge in [0.05, 0.1) is 6.54 Å². The van der Waals surface area contributed by atoms with Crippen molar-refractivity contribution in [2.75, 3.05) is 45.8 Å². The van der Waals surface area contributed by atoms with Gasteiger partial charge in [0.25, 0.3) is 0 Å². The molecule has 120 valence electrons. The van der Waals surface area contributed by atoms with E-state index >= 15 is 0 Å². The van der Waals surface area contributed by atoms with Gasteiger partial charge in [-0.3, -0.25) is 4.90 Å². The van der Waals surface area contributed by atoms with Crippen LogP contribution in [-0.4, -0.2) is 61.8 Å². The molecule has 1 saturated heterocycles. The average Bonchev–Trinajstić information content (AvgIpc) is 2.35. The zero-order valence-electron chi connectivity index (χ0n) is 12.7. The maximum Gasteiger partial charge on any atom is 0.401 e. The van der Waals surface area contributed by atoms with Gasteiger partial charge >= 0.3 is 6.18 Å². The lowest BCUT2D eigenvalue weighted by molar-refractivity contribution is -0.149. The lowest BCUT2D eigenvalue weighted by Crippen LogP contribution is -2.49. The standard InChI is InChI=1S/C14H28F3N3/c1-13(2,11-18)5-3-4-6-19-7-9-20(10-8-19)12-14(15,16)17/h3-12,18H2,1-2H3. The summed E-state index contributed by atoms with van der Waals surface area (Å²) >= 11 is 0. The van der Waals surface area contributed by atoms with Crippen molar-refractivity contribution in [3.8, 4) is 0 Å². The second kappa shape index (κ2) is 7.61. The maximum atomic E-state index is 12.3. The van der Waals surface area contributed by atoms with Crippen molar-refractivity contribution in [1.29, 1.82) is 0 Å². The number of alkyl halides is 3. The van der Waals surface area contributed by atoms with Gasteiger partial charge in [-0.2, -0.15) is 13.2 Å². The van der Waals surface area contributed by atoms with Gasteiger partial charge < -0.3 is 10.6 Å². The Hall–Kier alpha value is -0.330. The predicted octanol–water partition coefficient (Wildman–Crippen LogP) is 2.32. The molecular formula is C14H28F3N3. The van der Waals surface area contributed by atoms with E-state index in [9.17, 15) is 13.2 Å². The van der Waals surface area contributed by atoms with Gasteiger partial charge in [-0.1, -0.05) is 20.3 Å². The van der Waals surface area contributed by atoms with Crippen molar-refractivity contribution in [1.82, 2.24) is 9.80 Å². The molecule has 0 aromatic carbocycles. The Morgan fingerprint density at radius 2 is 1.50 bits per heavy atom. The van der Waals surface area contributed by atoms with Crippen molar-refractivity contribution in [2.45, 2.75) is 39.3 Å². The monoisotopic (exact) mass is 295 g/mol. The Morgan fingerprint density at radius 3 is 2.00 bits per heavy atom. The highest BCUT2D eigenvalue weighted by molar-refractivity contribution is 4.74. The third kappa shape index (κ3) is 7.45. The number of hydrogen-bond donors (Lipinski definition) is 1. The Kier molecular flexibility index (Phi) is 6.75. The van der Waals surface area contributed by atoms with Crippen LogP contribution in [0.3, 0.4) is 0 Å². The molecule has 20 heavy (non-hydrogen) atoms. The van der Waals surface area contributed by atoms with E-state index < -0.39 is 12.7 Å². The summed E-state index contributed by atoms with van der Waals surface area (Å²) in [5, 5.41) is 0. The molecule has 1 rings (SSSR count). The first-order valence-corrected chi connectivity index (χ1v) is 7.43. The molecule has 1 aliphatic heterocycles. The molecule has 0 spiro atoms. The van der Waals surface area contributed by atoms with Gasteiger partial charge in [-0.15, -0.1) is 0 Å². The second-order valence-electron chi connectivity index (χ2n) is 6.56. The largest absolute Gasteiger partial charge is 0.401 e. The van der Waals surface area contributed by atoms with Crippen LogP contribution < -0.4 is 5.73 Å². The van der Waals surface area contributed by atoms with Crippen molar-refractivity contribution in [3.05, 3.63) is 0 Å². The number of piperazine rings is 1. The minimum atomic E-state index is -4.07. The number of nitrogens with two attached hydrogens (primary N) is 1. The van der Waals surface area contributed by atoms with E-state index in [4.69, 9.17) is 5.73 Å². The van der Waals surface area contributed by atoms with Crippen LogP contribution in [0.25, 0.3) is 0 Å². The van der Waals surface area contributed by atoms with Crippen LogP contribution in [0.5, 0.6) is 0 Å². The van der Waals surface area contributed by atoms with Crippen molar-refractivity contribution in [2.24, 2.45) is 11.1 Å². The minimum Gasteiger partial charge on any atom is -0.330 e. The smallest absolute Gasteiger partial charge is 0.330 e.